The molecule has 1 heterocycles. The number of hydrogen-bond acceptors (Lipinski definition) is 2. The molecule has 3 heteroatoms. The molecule has 1 saturated carbocycles. The number of nitrogens with zero attached hydrogens (tertiary/aromatic N) is 1. The summed E-state index contributed by atoms with van der Waals surface area (Å²) in [5.41, 5.74) is 0.743. The molecular formula is C20H17NO2. The lowest BCUT2D eigenvalue weighted by molar-refractivity contribution is -0.124. The van der Waals surface area contributed by atoms with E-state index in [2.05, 4.69) is 12.2 Å². The van der Waals surface area contributed by atoms with E-state index in [1.165, 1.54) is 4.90 Å². The molecular weight excluding hydrogens is 286 g/mol. The molecule has 1 saturated heterocycles. The van der Waals surface area contributed by atoms with Crippen LogP contribution >= 0.6 is 0 Å². The summed E-state index contributed by atoms with van der Waals surface area (Å²) in [4.78, 5) is 27.6. The molecule has 114 valence electrons. The highest BCUT2D eigenvalue weighted by atomic mass is 16.2. The van der Waals surface area contributed by atoms with Crippen LogP contribution in [0.15, 0.2) is 54.6 Å². The Morgan fingerprint density at radius 2 is 1.39 bits per heavy atom. The van der Waals surface area contributed by atoms with Crippen LogP contribution < -0.4 is 4.90 Å². The number of carbonyl (C=O) groups is 2. The maximum absolute atomic E-state index is 13.1. The van der Waals surface area contributed by atoms with Gasteiger partial charge in [-0.25, -0.2) is 4.90 Å². The van der Waals surface area contributed by atoms with Gasteiger partial charge in [0.15, 0.2) is 0 Å². The average Bonchev–Trinajstić information content (AvgIpc) is 2.89. The van der Waals surface area contributed by atoms with Crippen molar-refractivity contribution in [1.29, 1.82) is 0 Å². The van der Waals surface area contributed by atoms with Crippen LogP contribution in [0.2, 0.25) is 0 Å². The maximum atomic E-state index is 13.1. The Hall–Kier alpha value is -2.42. The molecule has 1 aliphatic heterocycles. The van der Waals surface area contributed by atoms with Gasteiger partial charge in [0, 0.05) is 5.39 Å². The van der Waals surface area contributed by atoms with Crippen LogP contribution in [0.1, 0.15) is 12.8 Å². The second-order valence-electron chi connectivity index (χ2n) is 6.85. The molecule has 2 fully saturated rings. The lowest BCUT2D eigenvalue weighted by atomic mass is 9.63. The zero-order chi connectivity index (χ0) is 15.6. The summed E-state index contributed by atoms with van der Waals surface area (Å²) in [6.07, 6.45) is 6.38. The fraction of sp³-hybridized carbons (Fsp3) is 0.300. The maximum Gasteiger partial charge on any atom is 0.238 e. The Kier molecular flexibility index (Phi) is 2.58. The van der Waals surface area contributed by atoms with Crippen molar-refractivity contribution in [3.8, 4) is 0 Å². The molecule has 2 aromatic rings. The number of anilines is 1. The van der Waals surface area contributed by atoms with Gasteiger partial charge >= 0.3 is 0 Å². The first-order valence-electron chi connectivity index (χ1n) is 8.29. The zero-order valence-corrected chi connectivity index (χ0v) is 12.7. The van der Waals surface area contributed by atoms with E-state index in [1.54, 1.807) is 0 Å². The normalized spacial score (nSPS) is 31.9. The summed E-state index contributed by atoms with van der Waals surface area (Å²) in [7, 11) is 0. The van der Waals surface area contributed by atoms with Crippen molar-refractivity contribution >= 4 is 28.3 Å². The fourth-order valence-corrected chi connectivity index (χ4v) is 4.71. The van der Waals surface area contributed by atoms with Crippen LogP contribution in [0, 0.1) is 23.7 Å². The van der Waals surface area contributed by atoms with Gasteiger partial charge in [0.1, 0.15) is 0 Å². The van der Waals surface area contributed by atoms with Gasteiger partial charge in [-0.1, -0.05) is 48.6 Å². The SMILES string of the molecule is O=C1[C@@H]2[C@H](C(=O)N1c1cccc3ccccc13)[C@H]1C=C[C@H]2CC1. The summed E-state index contributed by atoms with van der Waals surface area (Å²) in [5.74, 6) is 0.170. The number of imide groups is 1. The third-order valence-electron chi connectivity index (χ3n) is 5.77. The molecule has 2 aromatic carbocycles. The first-order valence-corrected chi connectivity index (χ1v) is 8.29. The van der Waals surface area contributed by atoms with Crippen LogP contribution in [0.5, 0.6) is 0 Å². The third-order valence-corrected chi connectivity index (χ3v) is 5.77. The lowest BCUT2D eigenvalue weighted by Crippen LogP contribution is -2.38. The molecule has 4 aliphatic rings. The molecule has 4 atom stereocenters. The Morgan fingerprint density at radius 1 is 0.783 bits per heavy atom. The molecule has 0 aromatic heterocycles. The number of hydrogen-bond donors (Lipinski definition) is 0. The second-order valence-corrected chi connectivity index (χ2v) is 6.85. The number of rotatable bonds is 1. The largest absolute Gasteiger partial charge is 0.274 e. The van der Waals surface area contributed by atoms with Crippen LogP contribution in [-0.4, -0.2) is 11.8 Å². The van der Waals surface area contributed by atoms with Gasteiger partial charge in [0.05, 0.1) is 17.5 Å². The van der Waals surface area contributed by atoms with Crippen molar-refractivity contribution < 1.29 is 9.59 Å². The molecule has 2 amide bonds. The summed E-state index contributed by atoms with van der Waals surface area (Å²) in [6, 6.07) is 13.8. The van der Waals surface area contributed by atoms with Gasteiger partial charge < -0.3 is 0 Å². The summed E-state index contributed by atoms with van der Waals surface area (Å²) in [5, 5.41) is 2.03. The number of allylic oxidation sites excluding steroid dienone is 2. The van der Waals surface area contributed by atoms with E-state index in [-0.39, 0.29) is 35.5 Å². The number of carbonyl (C=O) groups excluding carboxylic acids is 2. The monoisotopic (exact) mass is 303 g/mol. The zero-order valence-electron chi connectivity index (χ0n) is 12.7. The second kappa shape index (κ2) is 4.54. The van der Waals surface area contributed by atoms with E-state index in [0.29, 0.717) is 0 Å². The highest BCUT2D eigenvalue weighted by Gasteiger charge is 2.57. The minimum absolute atomic E-state index is 0.00426. The van der Waals surface area contributed by atoms with Crippen LogP contribution in [0.3, 0.4) is 0 Å². The van der Waals surface area contributed by atoms with Gasteiger partial charge in [-0.15, -0.1) is 0 Å². The predicted octanol–water partition coefficient (Wildman–Crippen LogP) is 3.54. The molecule has 0 radical (unpaired) electrons. The first kappa shape index (κ1) is 13.1. The van der Waals surface area contributed by atoms with Crippen LogP contribution in [0.25, 0.3) is 10.8 Å². The topological polar surface area (TPSA) is 37.4 Å². The minimum Gasteiger partial charge on any atom is -0.274 e. The van der Waals surface area contributed by atoms with Crippen molar-refractivity contribution in [2.75, 3.05) is 4.90 Å². The van der Waals surface area contributed by atoms with Gasteiger partial charge in [-0.05, 0) is 36.1 Å². The Bertz CT molecular complexity index is 832. The Balaban J connectivity index is 1.67. The van der Waals surface area contributed by atoms with Gasteiger partial charge in [0.2, 0.25) is 11.8 Å². The number of benzene rings is 2. The predicted molar refractivity (Wildman–Crippen MR) is 88.8 cm³/mol. The van der Waals surface area contributed by atoms with Gasteiger partial charge in [-0.2, -0.15) is 0 Å². The van der Waals surface area contributed by atoms with E-state index in [4.69, 9.17) is 0 Å². The fourth-order valence-electron chi connectivity index (χ4n) is 4.71. The molecule has 3 nitrogen and oxygen atoms in total. The molecule has 2 bridgehead atoms. The van der Waals surface area contributed by atoms with Crippen molar-refractivity contribution in [1.82, 2.24) is 0 Å². The molecule has 0 unspecified atom stereocenters. The highest BCUT2D eigenvalue weighted by Crippen LogP contribution is 2.50. The van der Waals surface area contributed by atoms with Crippen LogP contribution in [-0.2, 0) is 9.59 Å². The molecule has 0 N–H and O–H groups in total. The van der Waals surface area contributed by atoms with E-state index in [9.17, 15) is 9.59 Å². The van der Waals surface area contributed by atoms with E-state index >= 15 is 0 Å². The first-order chi connectivity index (χ1) is 11.3. The van der Waals surface area contributed by atoms with Crippen molar-refractivity contribution in [2.45, 2.75) is 12.8 Å². The molecule has 23 heavy (non-hydrogen) atoms. The van der Waals surface area contributed by atoms with E-state index in [1.807, 2.05) is 42.5 Å². The molecule has 3 aliphatic carbocycles. The van der Waals surface area contributed by atoms with E-state index < -0.39 is 0 Å². The summed E-state index contributed by atoms with van der Waals surface area (Å²) in [6.45, 7) is 0. The lowest BCUT2D eigenvalue weighted by Gasteiger charge is -2.38. The quantitative estimate of drug-likeness (QED) is 0.597. The molecule has 6 rings (SSSR count). The van der Waals surface area contributed by atoms with Crippen molar-refractivity contribution in [3.63, 3.8) is 0 Å². The van der Waals surface area contributed by atoms with E-state index in [0.717, 1.165) is 29.3 Å². The number of fused-ring (bicyclic) bond motifs is 2. The Labute approximate surface area is 134 Å². The summed E-state index contributed by atoms with van der Waals surface area (Å²) < 4.78 is 0. The highest BCUT2D eigenvalue weighted by molar-refractivity contribution is 6.25. The van der Waals surface area contributed by atoms with Crippen molar-refractivity contribution in [2.24, 2.45) is 23.7 Å². The van der Waals surface area contributed by atoms with Gasteiger partial charge in [-0.3, -0.25) is 9.59 Å². The standard InChI is InChI=1S/C20H17NO2/c22-19-17-13-8-9-14(11-10-13)18(17)20(23)21(19)16-7-3-5-12-4-1-2-6-15(12)16/h1-9,13-14,17-18H,10-11H2/t13-,14-,17-,18+/m0/s1. The third kappa shape index (κ3) is 1.65. The average molecular weight is 303 g/mol. The Morgan fingerprint density at radius 3 is 2.04 bits per heavy atom. The van der Waals surface area contributed by atoms with Gasteiger partial charge in [0.25, 0.3) is 0 Å². The van der Waals surface area contributed by atoms with Crippen LogP contribution in [0.4, 0.5) is 5.69 Å². The minimum atomic E-state index is -0.148. The molecule has 0 spiro atoms. The van der Waals surface area contributed by atoms with Crippen molar-refractivity contribution in [3.05, 3.63) is 54.6 Å². The smallest absolute Gasteiger partial charge is 0.238 e. The summed E-state index contributed by atoms with van der Waals surface area (Å²) >= 11 is 0. The number of amides is 2.